The molecule has 0 radical (unpaired) electrons. The molecule has 0 spiro atoms. The van der Waals surface area contributed by atoms with Crippen LogP contribution in [0.1, 0.15) is 59.3 Å². The molecule has 0 aromatic heterocycles. The highest BCUT2D eigenvalue weighted by Gasteiger charge is 2.18. The minimum absolute atomic E-state index is 0. The highest BCUT2D eigenvalue weighted by Crippen LogP contribution is 2.19. The highest BCUT2D eigenvalue weighted by molar-refractivity contribution is 4.74. The third-order valence-electron chi connectivity index (χ3n) is 2.82. The molecular formula is C12H27NO. The second kappa shape index (κ2) is 8.25. The summed E-state index contributed by atoms with van der Waals surface area (Å²) in [6.07, 6.45) is 8.96. The lowest BCUT2D eigenvalue weighted by Gasteiger charge is -2.26. The Kier molecular flexibility index (Phi) is 8.20. The van der Waals surface area contributed by atoms with Gasteiger partial charge in [-0.05, 0) is 32.1 Å². The first-order valence-electron chi connectivity index (χ1n) is 5.70. The second-order valence-electron chi connectivity index (χ2n) is 4.11. The number of rotatable bonds is 5. The highest BCUT2D eigenvalue weighted by atomic mass is 16.5. The van der Waals surface area contributed by atoms with Crippen LogP contribution in [0.15, 0.2) is 0 Å². The Bertz CT molecular complexity index is 119. The molecule has 0 bridgehead atoms. The van der Waals surface area contributed by atoms with Gasteiger partial charge in [-0.2, -0.15) is 0 Å². The summed E-state index contributed by atoms with van der Waals surface area (Å²) in [6.45, 7) is 3.17. The van der Waals surface area contributed by atoms with Crippen molar-refractivity contribution in [1.82, 2.24) is 0 Å². The zero-order valence-corrected chi connectivity index (χ0v) is 8.80. The van der Waals surface area contributed by atoms with Crippen LogP contribution in [0.3, 0.4) is 0 Å². The van der Waals surface area contributed by atoms with Crippen LogP contribution in [-0.4, -0.2) is 18.8 Å². The maximum absolute atomic E-state index is 5.82. The van der Waals surface area contributed by atoms with E-state index in [-0.39, 0.29) is 7.43 Å². The van der Waals surface area contributed by atoms with Crippen LogP contribution in [0, 0.1) is 0 Å². The van der Waals surface area contributed by atoms with Crippen LogP contribution in [0.4, 0.5) is 0 Å². The summed E-state index contributed by atoms with van der Waals surface area (Å²) in [6, 6.07) is 0.440. The molecule has 2 nitrogen and oxygen atoms in total. The van der Waals surface area contributed by atoms with Crippen molar-refractivity contribution in [2.24, 2.45) is 5.73 Å². The van der Waals surface area contributed by atoms with Crippen molar-refractivity contribution >= 4 is 0 Å². The first kappa shape index (κ1) is 13.9. The Hall–Kier alpha value is -0.0800. The maximum Gasteiger partial charge on any atom is 0.0576 e. The molecule has 1 aliphatic carbocycles. The minimum Gasteiger partial charge on any atom is -0.378 e. The Morgan fingerprint density at radius 3 is 2.36 bits per heavy atom. The lowest BCUT2D eigenvalue weighted by atomic mass is 9.94. The average Bonchev–Trinajstić information content (AvgIpc) is 2.15. The van der Waals surface area contributed by atoms with E-state index in [0.717, 1.165) is 19.4 Å². The first-order valence-corrected chi connectivity index (χ1v) is 5.70. The van der Waals surface area contributed by atoms with E-state index in [1.165, 1.54) is 32.1 Å². The third-order valence-corrected chi connectivity index (χ3v) is 2.82. The van der Waals surface area contributed by atoms with Crippen LogP contribution in [-0.2, 0) is 4.74 Å². The fourth-order valence-corrected chi connectivity index (χ4v) is 1.86. The van der Waals surface area contributed by atoms with Crippen molar-refractivity contribution in [2.45, 2.75) is 71.4 Å². The molecule has 2 heteroatoms. The van der Waals surface area contributed by atoms with Gasteiger partial charge in [-0.15, -0.1) is 0 Å². The van der Waals surface area contributed by atoms with Crippen molar-refractivity contribution in [3.8, 4) is 0 Å². The summed E-state index contributed by atoms with van der Waals surface area (Å²) in [5, 5.41) is 0. The van der Waals surface area contributed by atoms with Gasteiger partial charge in [0.1, 0.15) is 0 Å². The molecule has 14 heavy (non-hydrogen) atoms. The summed E-state index contributed by atoms with van der Waals surface area (Å²) in [7, 11) is 0. The predicted octanol–water partition coefficient (Wildman–Crippen LogP) is 3.10. The first-order chi connectivity index (χ1) is 6.33. The topological polar surface area (TPSA) is 35.2 Å². The van der Waals surface area contributed by atoms with E-state index in [2.05, 4.69) is 6.92 Å². The zero-order valence-electron chi connectivity index (χ0n) is 8.80. The smallest absolute Gasteiger partial charge is 0.0576 e. The molecule has 0 aromatic carbocycles. The van der Waals surface area contributed by atoms with E-state index in [1.807, 2.05) is 0 Å². The molecule has 0 aromatic rings. The van der Waals surface area contributed by atoms with Crippen molar-refractivity contribution in [2.75, 3.05) is 6.61 Å². The Morgan fingerprint density at radius 1 is 1.14 bits per heavy atom. The number of unbranched alkanes of at least 4 members (excludes halogenated alkanes) is 2. The van der Waals surface area contributed by atoms with Crippen LogP contribution in [0.25, 0.3) is 0 Å². The Balaban J connectivity index is 0.00000169. The largest absolute Gasteiger partial charge is 0.378 e. The lowest BCUT2D eigenvalue weighted by molar-refractivity contribution is 0.0232. The van der Waals surface area contributed by atoms with Crippen LogP contribution >= 0.6 is 0 Å². The molecule has 86 valence electrons. The van der Waals surface area contributed by atoms with Gasteiger partial charge in [-0.25, -0.2) is 0 Å². The van der Waals surface area contributed by atoms with E-state index >= 15 is 0 Å². The molecule has 0 heterocycles. The monoisotopic (exact) mass is 201 g/mol. The molecule has 0 amide bonds. The fourth-order valence-electron chi connectivity index (χ4n) is 1.86. The lowest BCUT2D eigenvalue weighted by Crippen LogP contribution is -2.30. The SMILES string of the molecule is C.CCCCCOC1CCC(N)CC1. The molecule has 2 N–H and O–H groups in total. The molecule has 0 saturated heterocycles. The van der Waals surface area contributed by atoms with E-state index in [4.69, 9.17) is 10.5 Å². The number of hydrogen-bond donors (Lipinski definition) is 1. The normalized spacial score (nSPS) is 27.0. The second-order valence-corrected chi connectivity index (χ2v) is 4.11. The average molecular weight is 201 g/mol. The van der Waals surface area contributed by atoms with Crippen molar-refractivity contribution in [3.05, 3.63) is 0 Å². The van der Waals surface area contributed by atoms with Gasteiger partial charge in [-0.3, -0.25) is 0 Å². The summed E-state index contributed by atoms with van der Waals surface area (Å²) >= 11 is 0. The van der Waals surface area contributed by atoms with Crippen molar-refractivity contribution in [3.63, 3.8) is 0 Å². The van der Waals surface area contributed by atoms with Gasteiger partial charge in [0.25, 0.3) is 0 Å². The van der Waals surface area contributed by atoms with E-state index in [1.54, 1.807) is 0 Å². The molecule has 1 fully saturated rings. The van der Waals surface area contributed by atoms with Gasteiger partial charge in [0.05, 0.1) is 6.10 Å². The molecule has 1 aliphatic rings. The van der Waals surface area contributed by atoms with Crippen molar-refractivity contribution in [1.29, 1.82) is 0 Å². The molecule has 0 atom stereocenters. The van der Waals surface area contributed by atoms with Gasteiger partial charge in [0.15, 0.2) is 0 Å². The summed E-state index contributed by atoms with van der Waals surface area (Å²) in [5.41, 5.74) is 5.82. The Morgan fingerprint density at radius 2 is 1.79 bits per heavy atom. The quantitative estimate of drug-likeness (QED) is 0.694. The molecular weight excluding hydrogens is 174 g/mol. The fraction of sp³-hybridized carbons (Fsp3) is 1.00. The summed E-state index contributed by atoms with van der Waals surface area (Å²) in [4.78, 5) is 0. The molecule has 0 aliphatic heterocycles. The summed E-state index contributed by atoms with van der Waals surface area (Å²) in [5.74, 6) is 0. The Labute approximate surface area is 89.2 Å². The van der Waals surface area contributed by atoms with Crippen LogP contribution in [0.2, 0.25) is 0 Å². The van der Waals surface area contributed by atoms with Gasteiger partial charge < -0.3 is 10.5 Å². The standard InChI is InChI=1S/C11H23NO.CH4/c1-2-3-4-9-13-11-7-5-10(12)6-8-11;/h10-11H,2-9,12H2,1H3;1H4. The van der Waals surface area contributed by atoms with Crippen LogP contribution in [0.5, 0.6) is 0 Å². The molecule has 1 rings (SSSR count). The predicted molar refractivity (Wildman–Crippen MR) is 62.4 cm³/mol. The molecule has 1 saturated carbocycles. The van der Waals surface area contributed by atoms with E-state index in [9.17, 15) is 0 Å². The minimum atomic E-state index is 0. The van der Waals surface area contributed by atoms with E-state index in [0.29, 0.717) is 12.1 Å². The molecule has 0 unspecified atom stereocenters. The zero-order chi connectivity index (χ0) is 9.52. The third kappa shape index (κ3) is 5.61. The van der Waals surface area contributed by atoms with Crippen LogP contribution < -0.4 is 5.73 Å². The maximum atomic E-state index is 5.82. The van der Waals surface area contributed by atoms with Gasteiger partial charge in [0, 0.05) is 12.6 Å². The van der Waals surface area contributed by atoms with Gasteiger partial charge in [0.2, 0.25) is 0 Å². The van der Waals surface area contributed by atoms with E-state index < -0.39 is 0 Å². The number of nitrogens with two attached hydrogens (primary N) is 1. The van der Waals surface area contributed by atoms with Gasteiger partial charge in [-0.1, -0.05) is 27.2 Å². The summed E-state index contributed by atoms with van der Waals surface area (Å²) < 4.78 is 5.78. The van der Waals surface area contributed by atoms with Crippen molar-refractivity contribution < 1.29 is 4.74 Å². The number of hydrogen-bond acceptors (Lipinski definition) is 2. The number of ether oxygens (including phenoxy) is 1. The van der Waals surface area contributed by atoms with Gasteiger partial charge >= 0.3 is 0 Å².